The highest BCUT2D eigenvalue weighted by Gasteiger charge is 2.42. The second-order valence-corrected chi connectivity index (χ2v) is 20.0. The molecule has 0 N–H and O–H groups in total. The third kappa shape index (κ3) is 5.18. The van der Waals surface area contributed by atoms with E-state index in [4.69, 9.17) is 4.74 Å². The second kappa shape index (κ2) is 12.6. The molecule has 0 radical (unpaired) electrons. The van der Waals surface area contributed by atoms with E-state index in [9.17, 15) is 25.3 Å². The maximum absolute atomic E-state index is 12.3. The third-order valence-corrected chi connectivity index (χ3v) is 17.1. The van der Waals surface area contributed by atoms with Gasteiger partial charge in [0.2, 0.25) is 36.2 Å². The van der Waals surface area contributed by atoms with Crippen molar-refractivity contribution in [3.8, 4) is 11.5 Å². The zero-order chi connectivity index (χ0) is 38.4. The quantitative estimate of drug-likeness (QED) is 0.168. The van der Waals surface area contributed by atoms with Crippen LogP contribution < -0.4 is 21.1 Å². The lowest BCUT2D eigenvalue weighted by atomic mass is 9.28. The van der Waals surface area contributed by atoms with Gasteiger partial charge in [0.15, 0.2) is 0 Å². The van der Waals surface area contributed by atoms with Gasteiger partial charge in [-0.25, -0.2) is 25.3 Å². The molecule has 0 aromatic heterocycles. The minimum atomic E-state index is -3.75. The molecule has 7 aromatic rings. The zero-order valence-corrected chi connectivity index (χ0v) is 32.2. The number of hydrogen-bond donors (Lipinski definition) is 0. The highest BCUT2D eigenvalue weighted by atomic mass is 32.2. The number of para-hydroxylation sites is 2. The lowest BCUT2D eigenvalue weighted by Crippen LogP contribution is -2.64. The zero-order valence-electron chi connectivity index (χ0n) is 29.7. The van der Waals surface area contributed by atoms with Crippen molar-refractivity contribution in [1.82, 2.24) is 0 Å². The van der Waals surface area contributed by atoms with E-state index in [2.05, 4.69) is 54.6 Å². The van der Waals surface area contributed by atoms with Crippen LogP contribution in [0.25, 0.3) is 0 Å². The smallest absolute Gasteiger partial charge is 0.243 e. The Kier molecular flexibility index (Phi) is 7.84. The first kappa shape index (κ1) is 34.7. The summed E-state index contributed by atoms with van der Waals surface area (Å²) >= 11 is 0. The lowest BCUT2D eigenvalue weighted by Gasteiger charge is -2.39. The van der Waals surface area contributed by atoms with Crippen LogP contribution in [-0.2, 0) is 48.8 Å². The molecule has 0 bridgehead atoms. The van der Waals surface area contributed by atoms with E-state index in [1.807, 2.05) is 0 Å². The fourth-order valence-electron chi connectivity index (χ4n) is 8.86. The maximum atomic E-state index is 12.3. The van der Waals surface area contributed by atoms with Gasteiger partial charge in [0, 0.05) is 0 Å². The van der Waals surface area contributed by atoms with Gasteiger partial charge in [-0.3, -0.25) is 0 Å². The molecule has 0 saturated heterocycles. The molecule has 12 rings (SSSR count). The predicted molar refractivity (Wildman–Crippen MR) is 215 cm³/mol. The number of rotatable bonds is 0. The molecule has 5 aliphatic heterocycles. The van der Waals surface area contributed by atoms with Gasteiger partial charge in [-0.15, -0.1) is 0 Å². The van der Waals surface area contributed by atoms with Crippen molar-refractivity contribution in [3.05, 3.63) is 185 Å². The summed E-state index contributed by atoms with van der Waals surface area (Å²) in [6, 6.07) is 45.4. The Labute approximate surface area is 326 Å². The van der Waals surface area contributed by atoms with Gasteiger partial charge in [0.25, 0.3) is 0 Å². The first-order chi connectivity index (χ1) is 27.0. The molecule has 0 saturated carbocycles. The van der Waals surface area contributed by atoms with Gasteiger partial charge >= 0.3 is 0 Å². The lowest BCUT2D eigenvalue weighted by molar-refractivity contribution is 0.443. The van der Waals surface area contributed by atoms with Crippen LogP contribution in [0.3, 0.4) is 0 Å². The normalized spacial score (nSPS) is 16.6. The fourth-order valence-corrected chi connectivity index (χ4v) is 14.5. The van der Waals surface area contributed by atoms with Crippen LogP contribution >= 0.6 is 0 Å². The summed E-state index contributed by atoms with van der Waals surface area (Å²) in [5.74, 6) is 0.780. The summed E-state index contributed by atoms with van der Waals surface area (Å²) in [6.07, 6.45) is 3.33. The Hall–Kier alpha value is -5.75. The highest BCUT2D eigenvalue weighted by Crippen LogP contribution is 2.42. The maximum Gasteiger partial charge on any atom is 0.243 e. The van der Waals surface area contributed by atoms with E-state index in [-0.39, 0.29) is 29.4 Å². The van der Waals surface area contributed by atoms with Crippen LogP contribution in [0.4, 0.5) is 0 Å². The minimum absolute atomic E-state index is 0.149. The van der Waals surface area contributed by atoms with Crippen LogP contribution in [-0.4, -0.2) is 32.0 Å². The van der Waals surface area contributed by atoms with Crippen molar-refractivity contribution in [1.29, 1.82) is 0 Å². The number of sulfone groups is 3. The Morgan fingerprint density at radius 1 is 0.321 bits per heavy atom. The Balaban J connectivity index is 0.000000105. The Bertz CT molecular complexity index is 2790. The van der Waals surface area contributed by atoms with Crippen LogP contribution in [0.15, 0.2) is 181 Å². The summed E-state index contributed by atoms with van der Waals surface area (Å²) in [5, 5.41) is 0. The summed E-state index contributed by atoms with van der Waals surface area (Å²) in [4.78, 5) is -0.137. The molecule has 11 heteroatoms. The molecule has 0 spiro atoms. The molecule has 0 amide bonds. The van der Waals surface area contributed by atoms with E-state index in [0.29, 0.717) is 18.2 Å². The topological polar surface area (TPSA) is 112 Å². The van der Waals surface area contributed by atoms with Gasteiger partial charge < -0.3 is 4.74 Å². The highest BCUT2D eigenvalue weighted by molar-refractivity contribution is 7.97. The number of fused-ring (bicyclic) bond motifs is 4. The van der Waals surface area contributed by atoms with E-state index < -0.39 is 29.5 Å². The molecule has 7 nitrogen and oxygen atoms in total. The van der Waals surface area contributed by atoms with Crippen LogP contribution in [0.2, 0.25) is 0 Å². The molecule has 0 atom stereocenters. The first-order valence-electron chi connectivity index (χ1n) is 18.2. The standard InChI is InChI=1S/C21H15B.C12H8O4S2.C12H8O3S/c1-4-13-10-15-6-2-8-17-12-18-9-3-7-16-11-14(5-1)19(13)22(20(15)17)21(16)18;13-17(14)9-5-1-2-6-10(9)18(15,16)12-8-4-3-7-11(12)17;13-16(14)11-7-3-1-5-9(11)15-10-6-2-4-8-12(10)16/h1-9H,10-12H2;1-8H;1-8H. The average Bonchev–Trinajstić information content (AvgIpc) is 3.21. The minimum Gasteiger partial charge on any atom is -0.455 e. The van der Waals surface area contributed by atoms with Gasteiger partial charge in [0.05, 0.1) is 19.6 Å². The molecule has 5 heterocycles. The van der Waals surface area contributed by atoms with Gasteiger partial charge in [-0.1, -0.05) is 120 Å². The summed E-state index contributed by atoms with van der Waals surface area (Å²) < 4.78 is 79.2. The average molecular weight is 791 g/mol. The van der Waals surface area contributed by atoms with Gasteiger partial charge in [-0.2, -0.15) is 0 Å². The SMILES string of the molecule is O=S1(=O)c2ccccc2Oc2ccccc21.O=S1(=O)c2ccccc2S(=O)(=O)c2ccccc21.c1cc2c3c(c1)Cc1cccc4c1B3c1c(cccc1C4)C2. The van der Waals surface area contributed by atoms with Crippen molar-refractivity contribution in [2.75, 3.05) is 0 Å². The van der Waals surface area contributed by atoms with Crippen molar-refractivity contribution in [2.24, 2.45) is 0 Å². The third-order valence-electron chi connectivity index (χ3n) is 11.2. The molecule has 7 aromatic carbocycles. The molecule has 56 heavy (non-hydrogen) atoms. The van der Waals surface area contributed by atoms with Crippen molar-refractivity contribution >= 4 is 52.6 Å². The van der Waals surface area contributed by atoms with Gasteiger partial charge in [0.1, 0.15) is 21.3 Å². The van der Waals surface area contributed by atoms with Crippen LogP contribution in [0, 0.1) is 0 Å². The number of ether oxygens (including phenoxy) is 1. The van der Waals surface area contributed by atoms with E-state index in [0.717, 1.165) is 19.3 Å². The monoisotopic (exact) mass is 790 g/mol. The first-order valence-corrected chi connectivity index (χ1v) is 22.6. The van der Waals surface area contributed by atoms with Crippen molar-refractivity contribution < 1.29 is 30.0 Å². The number of hydrogen-bond acceptors (Lipinski definition) is 7. The molecular weight excluding hydrogens is 760 g/mol. The Morgan fingerprint density at radius 3 is 0.875 bits per heavy atom. The van der Waals surface area contributed by atoms with E-state index in [1.165, 1.54) is 48.5 Å². The molecule has 274 valence electrons. The number of benzene rings is 7. The predicted octanol–water partition coefficient (Wildman–Crippen LogP) is 6.21. The second-order valence-electron chi connectivity index (χ2n) is 14.3. The van der Waals surface area contributed by atoms with Crippen molar-refractivity contribution in [3.63, 3.8) is 0 Å². The fraction of sp³-hybridized carbons (Fsp3) is 0.0667. The van der Waals surface area contributed by atoms with Crippen LogP contribution in [0.1, 0.15) is 33.4 Å². The molecular formula is C45H31BO7S3. The van der Waals surface area contributed by atoms with Gasteiger partial charge in [-0.05, 0) is 101 Å². The van der Waals surface area contributed by atoms with E-state index >= 15 is 0 Å². The largest absolute Gasteiger partial charge is 0.455 e. The molecule has 5 aliphatic rings. The van der Waals surface area contributed by atoms with E-state index in [1.54, 1.807) is 98.3 Å². The molecule has 0 unspecified atom stereocenters. The summed E-state index contributed by atoms with van der Waals surface area (Å²) in [6.45, 7) is 0.500. The molecule has 0 fully saturated rings. The summed E-state index contributed by atoms with van der Waals surface area (Å²) in [5.41, 5.74) is 14.2. The van der Waals surface area contributed by atoms with Crippen LogP contribution in [0.5, 0.6) is 11.5 Å². The molecule has 0 aliphatic carbocycles. The van der Waals surface area contributed by atoms with Crippen molar-refractivity contribution in [2.45, 2.75) is 48.6 Å². The summed E-state index contributed by atoms with van der Waals surface area (Å²) in [7, 11) is -10.9. The Morgan fingerprint density at radius 2 is 0.571 bits per heavy atom.